The first kappa shape index (κ1) is 20.6. The van der Waals surface area contributed by atoms with Crippen LogP contribution in [0.4, 0.5) is 11.4 Å². The lowest BCUT2D eigenvalue weighted by atomic mass is 10.1. The second kappa shape index (κ2) is 7.88. The van der Waals surface area contributed by atoms with E-state index in [-0.39, 0.29) is 21.7 Å². The Kier molecular flexibility index (Phi) is 5.24. The lowest BCUT2D eigenvalue weighted by Crippen LogP contribution is -2.29. The molecule has 0 bridgehead atoms. The average molecular weight is 436 g/mol. The molecule has 4 rings (SSSR count). The van der Waals surface area contributed by atoms with Gasteiger partial charge in [0.05, 0.1) is 21.8 Å². The molecule has 158 valence electrons. The van der Waals surface area contributed by atoms with E-state index < -0.39 is 21.9 Å². The van der Waals surface area contributed by atoms with Crippen LogP contribution in [0, 0.1) is 6.92 Å². The van der Waals surface area contributed by atoms with Crippen molar-refractivity contribution in [2.45, 2.75) is 18.2 Å². The van der Waals surface area contributed by atoms with Gasteiger partial charge in [0.2, 0.25) is 0 Å². The molecule has 0 aromatic heterocycles. The Morgan fingerprint density at radius 1 is 1.00 bits per heavy atom. The maximum Gasteiger partial charge on any atom is 0.337 e. The van der Waals surface area contributed by atoms with Crippen LogP contribution in [0.15, 0.2) is 71.6 Å². The van der Waals surface area contributed by atoms with Crippen LogP contribution >= 0.6 is 0 Å². The van der Waals surface area contributed by atoms with Crippen LogP contribution in [0.5, 0.6) is 0 Å². The number of hydrogen-bond donors (Lipinski definition) is 2. The van der Waals surface area contributed by atoms with E-state index in [1.165, 1.54) is 40.7 Å². The number of rotatable bonds is 5. The topological polar surface area (TPSA) is 104 Å². The molecule has 1 heterocycles. The summed E-state index contributed by atoms with van der Waals surface area (Å²) in [5.74, 6) is -1.67. The van der Waals surface area contributed by atoms with E-state index in [2.05, 4.69) is 5.32 Å². The van der Waals surface area contributed by atoms with Crippen molar-refractivity contribution in [3.8, 4) is 0 Å². The number of amides is 1. The van der Waals surface area contributed by atoms with Crippen LogP contribution < -0.4 is 9.62 Å². The van der Waals surface area contributed by atoms with Crippen molar-refractivity contribution < 1.29 is 23.1 Å². The number of sulfonamides is 1. The standard InChI is InChI=1S/C23H20N2O5S/c1-15-6-11-20(19(14-15)23(27)28)24-22(26)17-7-9-18(10-8-17)31(29,30)25-13-12-16-4-2-3-5-21(16)25/h2-11,14H,12-13H2,1H3,(H,24,26)(H,27,28). The van der Waals surface area contributed by atoms with E-state index >= 15 is 0 Å². The van der Waals surface area contributed by atoms with Crippen LogP contribution in [0.2, 0.25) is 0 Å². The van der Waals surface area contributed by atoms with E-state index in [4.69, 9.17) is 0 Å². The van der Waals surface area contributed by atoms with Crippen LogP contribution in [-0.4, -0.2) is 31.9 Å². The summed E-state index contributed by atoms with van der Waals surface area (Å²) in [6, 6.07) is 17.7. The molecule has 3 aromatic rings. The van der Waals surface area contributed by atoms with Gasteiger partial charge < -0.3 is 10.4 Å². The highest BCUT2D eigenvalue weighted by Gasteiger charge is 2.30. The predicted molar refractivity (Wildman–Crippen MR) is 117 cm³/mol. The number of hydrogen-bond acceptors (Lipinski definition) is 4. The van der Waals surface area contributed by atoms with Gasteiger partial charge in [-0.25, -0.2) is 13.2 Å². The third-order valence-electron chi connectivity index (χ3n) is 5.20. The summed E-state index contributed by atoms with van der Waals surface area (Å²) < 4.78 is 27.5. The van der Waals surface area contributed by atoms with Crippen molar-refractivity contribution in [1.82, 2.24) is 0 Å². The van der Waals surface area contributed by atoms with Gasteiger partial charge in [-0.1, -0.05) is 29.8 Å². The molecule has 0 radical (unpaired) electrons. The summed E-state index contributed by atoms with van der Waals surface area (Å²) in [6.45, 7) is 2.13. The monoisotopic (exact) mass is 436 g/mol. The second-order valence-corrected chi connectivity index (χ2v) is 9.15. The van der Waals surface area contributed by atoms with Crippen molar-refractivity contribution in [1.29, 1.82) is 0 Å². The highest BCUT2D eigenvalue weighted by molar-refractivity contribution is 7.92. The normalized spacial score (nSPS) is 13.0. The fraction of sp³-hybridized carbons (Fsp3) is 0.130. The number of nitrogens with one attached hydrogen (secondary N) is 1. The first-order valence-electron chi connectivity index (χ1n) is 9.63. The minimum Gasteiger partial charge on any atom is -0.478 e. The molecular weight excluding hydrogens is 416 g/mol. The first-order chi connectivity index (χ1) is 14.8. The fourth-order valence-corrected chi connectivity index (χ4v) is 5.10. The third-order valence-corrected chi connectivity index (χ3v) is 7.03. The Hall–Kier alpha value is -3.65. The van der Waals surface area contributed by atoms with Gasteiger partial charge in [-0.3, -0.25) is 9.10 Å². The molecule has 0 spiro atoms. The van der Waals surface area contributed by atoms with Crippen molar-refractivity contribution in [3.05, 3.63) is 89.0 Å². The van der Waals surface area contributed by atoms with Gasteiger partial charge in [0.15, 0.2) is 0 Å². The molecule has 0 atom stereocenters. The molecule has 7 nitrogen and oxygen atoms in total. The number of nitrogens with zero attached hydrogens (tertiary/aromatic N) is 1. The van der Waals surface area contributed by atoms with E-state index in [9.17, 15) is 23.1 Å². The molecule has 1 amide bonds. The number of fused-ring (bicyclic) bond motifs is 1. The number of carboxylic acid groups (broad SMARTS) is 1. The molecule has 0 saturated heterocycles. The van der Waals surface area contributed by atoms with Gasteiger partial charge in [0.1, 0.15) is 0 Å². The van der Waals surface area contributed by atoms with Crippen LogP contribution in [0.3, 0.4) is 0 Å². The van der Waals surface area contributed by atoms with Crippen LogP contribution in [0.1, 0.15) is 31.8 Å². The summed E-state index contributed by atoms with van der Waals surface area (Å²) >= 11 is 0. The third kappa shape index (κ3) is 3.89. The number of aromatic carboxylic acids is 1. The minimum absolute atomic E-state index is 0.0137. The van der Waals surface area contributed by atoms with Crippen molar-refractivity contribution in [2.75, 3.05) is 16.2 Å². The summed E-state index contributed by atoms with van der Waals surface area (Å²) in [6.07, 6.45) is 0.651. The zero-order chi connectivity index (χ0) is 22.2. The zero-order valence-corrected chi connectivity index (χ0v) is 17.5. The first-order valence-corrected chi connectivity index (χ1v) is 11.1. The number of carbonyl (C=O) groups excluding carboxylic acids is 1. The van der Waals surface area contributed by atoms with Crippen LogP contribution in [0.25, 0.3) is 0 Å². The number of aryl methyl sites for hydroxylation is 1. The van der Waals surface area contributed by atoms with Gasteiger partial charge in [0, 0.05) is 12.1 Å². The summed E-state index contributed by atoms with van der Waals surface area (Å²) in [4.78, 5) is 24.1. The quantitative estimate of drug-likeness (QED) is 0.635. The lowest BCUT2D eigenvalue weighted by molar-refractivity contribution is 0.0698. The Balaban J connectivity index is 1.56. The van der Waals surface area contributed by atoms with Crippen LogP contribution in [-0.2, 0) is 16.4 Å². The highest BCUT2D eigenvalue weighted by atomic mass is 32.2. The molecule has 2 N–H and O–H groups in total. The highest BCUT2D eigenvalue weighted by Crippen LogP contribution is 2.32. The largest absolute Gasteiger partial charge is 0.478 e. The van der Waals surface area contributed by atoms with Gasteiger partial charge in [0.25, 0.3) is 15.9 Å². The smallest absolute Gasteiger partial charge is 0.337 e. The maximum atomic E-state index is 13.1. The molecule has 0 aliphatic carbocycles. The number of anilines is 2. The van der Waals surface area contributed by atoms with E-state index in [0.717, 1.165) is 11.1 Å². The number of carboxylic acids is 1. The number of para-hydroxylation sites is 1. The second-order valence-electron chi connectivity index (χ2n) is 7.29. The molecule has 1 aliphatic heterocycles. The zero-order valence-electron chi connectivity index (χ0n) is 16.7. The number of carbonyl (C=O) groups is 2. The van der Waals surface area contributed by atoms with Crippen molar-refractivity contribution >= 4 is 33.3 Å². The lowest BCUT2D eigenvalue weighted by Gasteiger charge is -2.19. The van der Waals surface area contributed by atoms with Crippen molar-refractivity contribution in [2.24, 2.45) is 0 Å². The van der Waals surface area contributed by atoms with E-state index in [1.54, 1.807) is 25.1 Å². The van der Waals surface area contributed by atoms with Gasteiger partial charge in [-0.05, 0) is 61.4 Å². The Morgan fingerprint density at radius 3 is 2.42 bits per heavy atom. The summed E-state index contributed by atoms with van der Waals surface area (Å²) in [5, 5.41) is 11.9. The van der Waals surface area contributed by atoms with Gasteiger partial charge >= 0.3 is 5.97 Å². The molecule has 0 fully saturated rings. The Bertz CT molecular complexity index is 1280. The van der Waals surface area contributed by atoms with Gasteiger partial charge in [-0.2, -0.15) is 0 Å². The molecular formula is C23H20N2O5S. The van der Waals surface area contributed by atoms with Gasteiger partial charge in [-0.15, -0.1) is 0 Å². The molecule has 31 heavy (non-hydrogen) atoms. The molecule has 8 heteroatoms. The Labute approximate surface area is 180 Å². The molecule has 0 unspecified atom stereocenters. The average Bonchev–Trinajstić information content (AvgIpc) is 3.20. The summed E-state index contributed by atoms with van der Waals surface area (Å²) in [5.41, 5.74) is 2.79. The Morgan fingerprint density at radius 2 is 1.71 bits per heavy atom. The van der Waals surface area contributed by atoms with E-state index in [1.807, 2.05) is 12.1 Å². The summed E-state index contributed by atoms with van der Waals surface area (Å²) in [7, 11) is -3.75. The fourth-order valence-electron chi connectivity index (χ4n) is 3.60. The SMILES string of the molecule is Cc1ccc(NC(=O)c2ccc(S(=O)(=O)N3CCc4ccccc43)cc2)c(C(=O)O)c1. The number of benzene rings is 3. The molecule has 1 aliphatic rings. The molecule has 3 aromatic carbocycles. The molecule has 0 saturated carbocycles. The van der Waals surface area contributed by atoms with Crippen molar-refractivity contribution in [3.63, 3.8) is 0 Å². The predicted octanol–water partition coefficient (Wildman–Crippen LogP) is 3.70. The maximum absolute atomic E-state index is 13.1. The minimum atomic E-state index is -3.75. The van der Waals surface area contributed by atoms with E-state index in [0.29, 0.717) is 18.7 Å².